The molecule has 0 aromatic carbocycles. The van der Waals surface area contributed by atoms with Crippen molar-refractivity contribution in [3.8, 4) is 0 Å². The van der Waals surface area contributed by atoms with Crippen molar-refractivity contribution in [2.75, 3.05) is 13.1 Å². The van der Waals surface area contributed by atoms with E-state index in [1.54, 1.807) is 17.5 Å². The van der Waals surface area contributed by atoms with Crippen molar-refractivity contribution in [1.82, 2.24) is 10.2 Å². The van der Waals surface area contributed by atoms with Gasteiger partial charge in [-0.05, 0) is 40.7 Å². The number of hydrogen-bond acceptors (Lipinski definition) is 6. The summed E-state index contributed by atoms with van der Waals surface area (Å²) in [5.74, 6) is -0.509. The zero-order valence-corrected chi connectivity index (χ0v) is 14.3. The Hall–Kier alpha value is -1.90. The van der Waals surface area contributed by atoms with Gasteiger partial charge >= 0.3 is 0 Å². The molecule has 3 heterocycles. The van der Waals surface area contributed by atoms with Crippen LogP contribution in [0.25, 0.3) is 6.08 Å². The second-order valence-corrected chi connectivity index (χ2v) is 7.37. The largest absolute Gasteiger partial charge is 0.350 e. The predicted molar refractivity (Wildman–Crippen MR) is 93.6 cm³/mol. The first-order valence-electron chi connectivity index (χ1n) is 6.74. The molecule has 3 amide bonds. The minimum absolute atomic E-state index is 0.169. The smallest absolute Gasteiger partial charge is 0.293 e. The summed E-state index contributed by atoms with van der Waals surface area (Å²) in [5, 5.41) is 7.89. The Labute approximate surface area is 145 Å². The summed E-state index contributed by atoms with van der Waals surface area (Å²) >= 11 is 3.88. The number of imide groups is 1. The average Bonchev–Trinajstić information content (AvgIpc) is 3.26. The van der Waals surface area contributed by atoms with Crippen LogP contribution in [0.5, 0.6) is 0 Å². The normalized spacial score (nSPS) is 16.3. The van der Waals surface area contributed by atoms with Gasteiger partial charge in [-0.3, -0.25) is 19.3 Å². The molecular weight excluding hydrogens is 352 g/mol. The van der Waals surface area contributed by atoms with Crippen molar-refractivity contribution in [3.05, 3.63) is 49.7 Å². The van der Waals surface area contributed by atoms with E-state index in [4.69, 9.17) is 0 Å². The number of nitrogens with zero attached hydrogens (tertiary/aromatic N) is 1. The standard InChI is InChI=1S/C15H12N2O3S3/c18-13(10-3-7-21-9-10)16-4-5-17-14(19)12(23-15(17)20)8-11-2-1-6-22-11/h1-3,6-9H,4-5H2,(H,16,18)/b12-8+. The first-order valence-corrected chi connectivity index (χ1v) is 9.38. The molecular formula is C15H12N2O3S3. The van der Waals surface area contributed by atoms with Gasteiger partial charge < -0.3 is 5.32 Å². The number of hydrogen-bond donors (Lipinski definition) is 1. The first-order chi connectivity index (χ1) is 11.1. The van der Waals surface area contributed by atoms with E-state index >= 15 is 0 Å². The van der Waals surface area contributed by atoms with Crippen LogP contribution >= 0.6 is 34.4 Å². The Kier molecular flexibility index (Phi) is 4.94. The van der Waals surface area contributed by atoms with Gasteiger partial charge in [-0.15, -0.1) is 11.3 Å². The molecule has 0 atom stereocenters. The molecule has 0 spiro atoms. The molecule has 0 aliphatic carbocycles. The van der Waals surface area contributed by atoms with E-state index in [1.807, 2.05) is 22.9 Å². The molecule has 23 heavy (non-hydrogen) atoms. The fourth-order valence-corrected chi connectivity index (χ4v) is 4.20. The number of nitrogens with one attached hydrogen (secondary N) is 1. The quantitative estimate of drug-likeness (QED) is 0.827. The Balaban J connectivity index is 1.57. The molecule has 1 aliphatic rings. The third kappa shape index (κ3) is 3.72. The zero-order valence-electron chi connectivity index (χ0n) is 11.9. The molecule has 0 unspecified atom stereocenters. The van der Waals surface area contributed by atoms with Crippen LogP contribution in [-0.4, -0.2) is 35.0 Å². The molecule has 1 N–H and O–H groups in total. The second-order valence-electron chi connectivity index (χ2n) is 4.62. The van der Waals surface area contributed by atoms with E-state index in [9.17, 15) is 14.4 Å². The summed E-state index contributed by atoms with van der Waals surface area (Å²) in [5.41, 5.74) is 0.585. The summed E-state index contributed by atoms with van der Waals surface area (Å²) in [7, 11) is 0. The van der Waals surface area contributed by atoms with E-state index in [1.165, 1.54) is 22.7 Å². The second kappa shape index (κ2) is 7.12. The fourth-order valence-electron chi connectivity index (χ4n) is 1.97. The lowest BCUT2D eigenvalue weighted by Gasteiger charge is -2.12. The van der Waals surface area contributed by atoms with E-state index in [-0.39, 0.29) is 30.1 Å². The Morgan fingerprint density at radius 3 is 2.83 bits per heavy atom. The van der Waals surface area contributed by atoms with Crippen LogP contribution < -0.4 is 5.32 Å². The summed E-state index contributed by atoms with van der Waals surface area (Å²) in [6.45, 7) is 0.404. The van der Waals surface area contributed by atoms with Crippen LogP contribution in [0.3, 0.4) is 0 Å². The summed E-state index contributed by atoms with van der Waals surface area (Å²) in [6, 6.07) is 5.50. The molecule has 1 fully saturated rings. The highest BCUT2D eigenvalue weighted by atomic mass is 32.2. The van der Waals surface area contributed by atoms with Gasteiger partial charge in [-0.25, -0.2) is 0 Å². The molecule has 5 nitrogen and oxygen atoms in total. The number of amides is 3. The Morgan fingerprint density at radius 1 is 1.26 bits per heavy atom. The van der Waals surface area contributed by atoms with E-state index in [0.717, 1.165) is 21.5 Å². The van der Waals surface area contributed by atoms with Crippen LogP contribution in [-0.2, 0) is 4.79 Å². The maximum absolute atomic E-state index is 12.3. The molecule has 0 saturated carbocycles. The highest BCUT2D eigenvalue weighted by Crippen LogP contribution is 2.32. The maximum Gasteiger partial charge on any atom is 0.293 e. The number of thioether (sulfide) groups is 1. The van der Waals surface area contributed by atoms with Crippen LogP contribution in [0.1, 0.15) is 15.2 Å². The molecule has 1 aliphatic heterocycles. The summed E-state index contributed by atoms with van der Waals surface area (Å²) in [4.78, 5) is 38.5. The predicted octanol–water partition coefficient (Wildman–Crippen LogP) is 3.28. The van der Waals surface area contributed by atoms with Gasteiger partial charge in [-0.1, -0.05) is 6.07 Å². The van der Waals surface area contributed by atoms with Gasteiger partial charge in [0.25, 0.3) is 17.1 Å². The van der Waals surface area contributed by atoms with Crippen LogP contribution in [0.2, 0.25) is 0 Å². The van der Waals surface area contributed by atoms with Gasteiger partial charge in [0, 0.05) is 28.9 Å². The minimum atomic E-state index is -0.307. The maximum atomic E-state index is 12.3. The van der Waals surface area contributed by atoms with E-state index in [0.29, 0.717) is 10.5 Å². The number of carbonyl (C=O) groups excluding carboxylic acids is 3. The zero-order chi connectivity index (χ0) is 16.2. The van der Waals surface area contributed by atoms with Gasteiger partial charge in [0.05, 0.1) is 4.91 Å². The van der Waals surface area contributed by atoms with Crippen molar-refractivity contribution in [2.45, 2.75) is 0 Å². The van der Waals surface area contributed by atoms with Crippen molar-refractivity contribution >= 4 is 57.6 Å². The lowest BCUT2D eigenvalue weighted by atomic mass is 10.3. The van der Waals surface area contributed by atoms with Crippen molar-refractivity contribution in [2.24, 2.45) is 0 Å². The topological polar surface area (TPSA) is 66.5 Å². The van der Waals surface area contributed by atoms with Crippen LogP contribution in [0, 0.1) is 0 Å². The van der Waals surface area contributed by atoms with E-state index < -0.39 is 0 Å². The molecule has 8 heteroatoms. The number of thiophene rings is 2. The first kappa shape index (κ1) is 16.0. The minimum Gasteiger partial charge on any atom is -0.350 e. The summed E-state index contributed by atoms with van der Waals surface area (Å²) < 4.78 is 0. The molecule has 0 radical (unpaired) electrons. The average molecular weight is 364 g/mol. The van der Waals surface area contributed by atoms with Gasteiger partial charge in [0.1, 0.15) is 0 Å². The molecule has 0 bridgehead atoms. The fraction of sp³-hybridized carbons (Fsp3) is 0.133. The van der Waals surface area contributed by atoms with Crippen molar-refractivity contribution in [1.29, 1.82) is 0 Å². The molecule has 3 rings (SSSR count). The lowest BCUT2D eigenvalue weighted by Crippen LogP contribution is -2.37. The summed E-state index contributed by atoms with van der Waals surface area (Å²) in [6.07, 6.45) is 1.72. The van der Waals surface area contributed by atoms with Crippen LogP contribution in [0.15, 0.2) is 39.2 Å². The number of carbonyl (C=O) groups is 3. The van der Waals surface area contributed by atoms with Crippen molar-refractivity contribution in [3.63, 3.8) is 0 Å². The lowest BCUT2D eigenvalue weighted by molar-refractivity contribution is -0.122. The molecule has 118 valence electrons. The molecule has 1 saturated heterocycles. The van der Waals surface area contributed by atoms with Gasteiger partial charge in [0.15, 0.2) is 0 Å². The molecule has 2 aromatic rings. The highest BCUT2D eigenvalue weighted by Gasteiger charge is 2.34. The Bertz CT molecular complexity index is 751. The monoisotopic (exact) mass is 364 g/mol. The van der Waals surface area contributed by atoms with Crippen molar-refractivity contribution < 1.29 is 14.4 Å². The Morgan fingerprint density at radius 2 is 2.13 bits per heavy atom. The van der Waals surface area contributed by atoms with E-state index in [2.05, 4.69) is 5.32 Å². The highest BCUT2D eigenvalue weighted by molar-refractivity contribution is 8.18. The SMILES string of the molecule is O=C(NCCN1C(=O)S/C(=C/c2cccs2)C1=O)c1ccsc1. The third-order valence-corrected chi connectivity index (χ3v) is 5.50. The molecule has 2 aromatic heterocycles. The van der Waals surface area contributed by atoms with Crippen LogP contribution in [0.4, 0.5) is 4.79 Å². The van der Waals surface area contributed by atoms with Gasteiger partial charge in [0.2, 0.25) is 0 Å². The van der Waals surface area contributed by atoms with Gasteiger partial charge in [-0.2, -0.15) is 11.3 Å². The number of rotatable bonds is 5. The third-order valence-electron chi connectivity index (χ3n) is 3.09.